The predicted octanol–water partition coefficient (Wildman–Crippen LogP) is 5.27. The van der Waals surface area contributed by atoms with E-state index in [1.54, 1.807) is 22.9 Å². The summed E-state index contributed by atoms with van der Waals surface area (Å²) in [6.07, 6.45) is 5.04. The van der Waals surface area contributed by atoms with Crippen molar-refractivity contribution in [3.63, 3.8) is 0 Å². The Morgan fingerprint density at radius 3 is 2.61 bits per heavy atom. The highest BCUT2D eigenvalue weighted by Gasteiger charge is 2.43. The molecule has 0 radical (unpaired) electrons. The Morgan fingerprint density at radius 1 is 1.13 bits per heavy atom. The van der Waals surface area contributed by atoms with Crippen molar-refractivity contribution in [1.29, 1.82) is 0 Å². The van der Waals surface area contributed by atoms with Crippen molar-refractivity contribution in [3.8, 4) is 0 Å². The normalized spacial score (nSPS) is 23.1. The molecule has 2 aromatic rings. The number of halogens is 2. The van der Waals surface area contributed by atoms with Crippen LogP contribution in [0.15, 0.2) is 53.1 Å². The van der Waals surface area contributed by atoms with Crippen LogP contribution in [-0.2, 0) is 16.1 Å². The number of Topliss-reactive ketones (excluding diaryl/α,β-unsaturated/α-hetero) is 1. The van der Waals surface area contributed by atoms with Crippen molar-refractivity contribution >= 4 is 56.9 Å². The molecule has 0 amide bonds. The minimum absolute atomic E-state index is 0.0304. The Kier molecular flexibility index (Phi) is 7.72. The monoisotopic (exact) mass is 493 g/mol. The molecule has 1 aliphatic heterocycles. The van der Waals surface area contributed by atoms with Crippen LogP contribution in [0.5, 0.6) is 0 Å². The molecular weight excluding hydrogens is 473 g/mol. The molecule has 2 aliphatic rings. The third kappa shape index (κ3) is 5.71. The number of rotatable bonds is 8. The zero-order valence-corrected chi connectivity index (χ0v) is 19.8. The van der Waals surface area contributed by atoms with Crippen LogP contribution >= 0.6 is 44.8 Å². The number of piperidine rings is 1. The molecule has 9 heteroatoms. The molecule has 1 saturated carbocycles. The summed E-state index contributed by atoms with van der Waals surface area (Å²) in [5.41, 5.74) is 1.85. The lowest BCUT2D eigenvalue weighted by molar-refractivity contribution is -0.125. The van der Waals surface area contributed by atoms with Crippen molar-refractivity contribution in [1.82, 2.24) is 15.1 Å². The van der Waals surface area contributed by atoms with Crippen LogP contribution in [0.3, 0.4) is 0 Å². The average Bonchev–Trinajstić information content (AvgIpc) is 3.61. The molecule has 2 atom stereocenters. The van der Waals surface area contributed by atoms with Crippen LogP contribution < -0.4 is 0 Å². The van der Waals surface area contributed by atoms with E-state index in [0.717, 1.165) is 48.3 Å². The first-order valence-electron chi connectivity index (χ1n) is 10.1. The number of carbonyl (C=O) groups is 2. The highest BCUT2D eigenvalue weighted by molar-refractivity contribution is 8.77. The van der Waals surface area contributed by atoms with Crippen molar-refractivity contribution in [2.45, 2.75) is 42.1 Å². The first kappa shape index (κ1) is 22.8. The fourth-order valence-corrected chi connectivity index (χ4v) is 6.52. The van der Waals surface area contributed by atoms with E-state index in [2.05, 4.69) is 15.1 Å². The maximum Gasteiger partial charge on any atom is 0.157 e. The van der Waals surface area contributed by atoms with Gasteiger partial charge < -0.3 is 0 Å². The fourth-order valence-electron chi connectivity index (χ4n) is 3.75. The Labute approximate surface area is 199 Å². The van der Waals surface area contributed by atoms with E-state index in [9.17, 15) is 9.59 Å². The molecule has 1 aromatic heterocycles. The van der Waals surface area contributed by atoms with E-state index in [1.807, 2.05) is 30.3 Å². The molecule has 2 unspecified atom stereocenters. The number of aromatic nitrogens is 2. The maximum atomic E-state index is 13.3. The molecule has 2 heterocycles. The molecule has 0 bridgehead atoms. The van der Waals surface area contributed by atoms with Crippen LogP contribution in [0.25, 0.3) is 0 Å². The van der Waals surface area contributed by atoms with E-state index in [-0.39, 0.29) is 17.0 Å². The van der Waals surface area contributed by atoms with Crippen molar-refractivity contribution < 1.29 is 9.59 Å². The van der Waals surface area contributed by atoms with Gasteiger partial charge in [0.05, 0.1) is 6.04 Å². The van der Waals surface area contributed by atoms with Crippen LogP contribution in [0.2, 0.25) is 10.2 Å². The second kappa shape index (κ2) is 10.5. The predicted molar refractivity (Wildman–Crippen MR) is 126 cm³/mol. The van der Waals surface area contributed by atoms with Gasteiger partial charge >= 0.3 is 0 Å². The summed E-state index contributed by atoms with van der Waals surface area (Å²) >= 11 is 12.2. The first-order chi connectivity index (χ1) is 15.1. The quantitative estimate of drug-likeness (QED) is 0.281. The number of allylic oxidation sites excluding steroid dienone is 1. The number of carbonyl (C=O) groups excluding carboxylic acids is 2. The Balaban J connectivity index is 1.56. The molecule has 1 aliphatic carbocycles. The summed E-state index contributed by atoms with van der Waals surface area (Å²) in [6.45, 7) is 1.32. The van der Waals surface area contributed by atoms with E-state index >= 15 is 0 Å². The maximum absolute atomic E-state index is 13.3. The molecule has 0 N–H and O–H groups in total. The number of aldehydes is 1. The number of ketones is 1. The van der Waals surface area contributed by atoms with Crippen LogP contribution in [0, 0.1) is 5.92 Å². The van der Waals surface area contributed by atoms with Gasteiger partial charge in [-0.3, -0.25) is 14.5 Å². The smallest absolute Gasteiger partial charge is 0.157 e. The van der Waals surface area contributed by atoms with Gasteiger partial charge in [-0.2, -0.15) is 0 Å². The Bertz CT molecular complexity index is 983. The van der Waals surface area contributed by atoms with Crippen LogP contribution in [0.4, 0.5) is 0 Å². The van der Waals surface area contributed by atoms with Gasteiger partial charge in [-0.05, 0) is 65.5 Å². The van der Waals surface area contributed by atoms with Gasteiger partial charge in [-0.15, -0.1) is 10.2 Å². The summed E-state index contributed by atoms with van der Waals surface area (Å²) in [6, 6.07) is 10.8. The topological polar surface area (TPSA) is 63.2 Å². The van der Waals surface area contributed by atoms with E-state index in [4.69, 9.17) is 23.2 Å². The molecule has 162 valence electrons. The second-order valence-electron chi connectivity index (χ2n) is 7.59. The highest BCUT2D eigenvalue weighted by Crippen LogP contribution is 2.44. The van der Waals surface area contributed by atoms with Crippen molar-refractivity contribution in [2.75, 3.05) is 6.54 Å². The zero-order chi connectivity index (χ0) is 21.8. The summed E-state index contributed by atoms with van der Waals surface area (Å²) in [4.78, 5) is 27.0. The van der Waals surface area contributed by atoms with Crippen molar-refractivity contribution in [3.05, 3.63) is 63.8 Å². The largest absolute Gasteiger partial charge is 0.299 e. The number of nitrogens with zero attached hydrogens (tertiary/aromatic N) is 3. The van der Waals surface area contributed by atoms with Gasteiger partial charge in [-0.1, -0.05) is 52.2 Å². The molecule has 0 spiro atoms. The number of hydrogen-bond donors (Lipinski definition) is 0. The van der Waals surface area contributed by atoms with Gasteiger partial charge in [0.25, 0.3) is 0 Å². The number of hydrogen-bond acceptors (Lipinski definition) is 7. The Hall–Kier alpha value is -1.38. The SMILES string of the molecule is O=C/C=C1\C(SSc2ccc(Cl)nn2)CCN(Cc2ccccc2Cl)C1C(=O)C1CC1. The average molecular weight is 494 g/mol. The van der Waals surface area contributed by atoms with Gasteiger partial charge in [0, 0.05) is 29.3 Å². The zero-order valence-electron chi connectivity index (χ0n) is 16.6. The molecule has 4 rings (SSSR count). The second-order valence-corrected chi connectivity index (χ2v) is 10.8. The van der Waals surface area contributed by atoms with Crippen LogP contribution in [-0.4, -0.2) is 45.0 Å². The summed E-state index contributed by atoms with van der Waals surface area (Å²) in [5.74, 6) is 0.300. The van der Waals surface area contributed by atoms with E-state index < -0.39 is 6.04 Å². The molecule has 5 nitrogen and oxygen atoms in total. The third-order valence-electron chi connectivity index (χ3n) is 5.43. The summed E-state index contributed by atoms with van der Waals surface area (Å²) < 4.78 is 0. The summed E-state index contributed by atoms with van der Waals surface area (Å²) in [7, 11) is 3.10. The minimum atomic E-state index is -0.405. The first-order valence-corrected chi connectivity index (χ1v) is 13.0. The molecule has 2 fully saturated rings. The Morgan fingerprint density at radius 2 is 1.94 bits per heavy atom. The lowest BCUT2D eigenvalue weighted by Crippen LogP contribution is -2.50. The molecular formula is C22H21Cl2N3O2S2. The van der Waals surface area contributed by atoms with Gasteiger partial charge in [0.1, 0.15) is 11.3 Å². The summed E-state index contributed by atoms with van der Waals surface area (Å²) in [5, 5.41) is 9.77. The fraction of sp³-hybridized carbons (Fsp3) is 0.364. The van der Waals surface area contributed by atoms with Gasteiger partial charge in [-0.25, -0.2) is 0 Å². The number of benzene rings is 1. The third-order valence-corrected chi connectivity index (χ3v) is 8.72. The molecule has 1 saturated heterocycles. The molecule has 31 heavy (non-hydrogen) atoms. The van der Waals surface area contributed by atoms with Gasteiger partial charge in [0.15, 0.2) is 10.9 Å². The van der Waals surface area contributed by atoms with Gasteiger partial charge in [0.2, 0.25) is 0 Å². The highest BCUT2D eigenvalue weighted by atomic mass is 35.5. The number of likely N-dealkylation sites (tertiary alicyclic amines) is 1. The standard InChI is InChI=1S/C22H21Cl2N3O2S2/c23-17-4-2-1-3-15(17)13-27-11-9-18(30-31-20-8-7-19(24)25-26-20)16(10-12-28)21(27)22(29)14-5-6-14/h1-4,7-8,10,12,14,18,21H,5-6,9,11,13H2/b16-10+. The lowest BCUT2D eigenvalue weighted by atomic mass is 9.89. The molecule has 1 aromatic carbocycles. The minimum Gasteiger partial charge on any atom is -0.299 e. The van der Waals surface area contributed by atoms with Crippen LogP contribution in [0.1, 0.15) is 24.8 Å². The lowest BCUT2D eigenvalue weighted by Gasteiger charge is -2.40. The van der Waals surface area contributed by atoms with E-state index in [1.165, 1.54) is 10.8 Å². The van der Waals surface area contributed by atoms with Crippen molar-refractivity contribution in [2.24, 2.45) is 5.92 Å². The van der Waals surface area contributed by atoms with E-state index in [0.29, 0.717) is 16.7 Å².